The molecule has 0 saturated heterocycles. The Labute approximate surface area is 236 Å². The number of imidazole rings is 1. The van der Waals surface area contributed by atoms with Gasteiger partial charge in [-0.15, -0.1) is 0 Å². The number of esters is 1. The maximum absolute atomic E-state index is 13.7. The van der Waals surface area contributed by atoms with Crippen molar-refractivity contribution in [3.05, 3.63) is 83.3 Å². The number of carbonyl (C=O) groups is 1. The van der Waals surface area contributed by atoms with Gasteiger partial charge in [-0.1, -0.05) is 88.7 Å². The van der Waals surface area contributed by atoms with E-state index < -0.39 is 32.9 Å². The first-order valence-electron chi connectivity index (χ1n) is 13.6. The lowest BCUT2D eigenvalue weighted by Crippen LogP contribution is -2.43. The molecule has 0 saturated carbocycles. The molecule has 0 bridgehead atoms. The molecule has 0 spiro atoms. The van der Waals surface area contributed by atoms with Crippen LogP contribution in [0.2, 0.25) is 0 Å². The van der Waals surface area contributed by atoms with Gasteiger partial charge in [-0.2, -0.15) is 0 Å². The summed E-state index contributed by atoms with van der Waals surface area (Å²) < 4.78 is 31.3. The molecule has 4 rings (SSSR count). The normalized spacial score (nSPS) is 19.0. The van der Waals surface area contributed by atoms with Crippen molar-refractivity contribution in [2.75, 3.05) is 0 Å². The number of cyclic esters (lactones) is 1. The molecular weight excluding hydrogens is 526 g/mol. The molecule has 1 aliphatic rings. The highest BCUT2D eigenvalue weighted by molar-refractivity contribution is 7.89. The summed E-state index contributed by atoms with van der Waals surface area (Å²) in [6, 6.07) is 17.5. The van der Waals surface area contributed by atoms with E-state index in [1.165, 1.54) is 11.8 Å². The van der Waals surface area contributed by atoms with Gasteiger partial charge in [0.25, 0.3) is 10.0 Å². The number of hydrogen-bond donors (Lipinski definition) is 2. The molecule has 8 nitrogen and oxygen atoms in total. The zero-order chi connectivity index (χ0) is 29.3. The molecule has 1 aromatic heterocycles. The van der Waals surface area contributed by atoms with E-state index >= 15 is 0 Å². The second kappa shape index (κ2) is 11.2. The van der Waals surface area contributed by atoms with Gasteiger partial charge in [-0.05, 0) is 35.8 Å². The van der Waals surface area contributed by atoms with Crippen LogP contribution < -0.4 is 5.14 Å². The molecule has 1 aliphatic heterocycles. The van der Waals surface area contributed by atoms with Gasteiger partial charge in [0.15, 0.2) is 5.03 Å². The van der Waals surface area contributed by atoms with Gasteiger partial charge in [0.2, 0.25) is 0 Å². The smallest absolute Gasteiger partial charge is 0.338 e. The van der Waals surface area contributed by atoms with Crippen LogP contribution in [0.4, 0.5) is 0 Å². The van der Waals surface area contributed by atoms with Gasteiger partial charge in [-0.25, -0.2) is 23.3 Å². The summed E-state index contributed by atoms with van der Waals surface area (Å²) in [6.07, 6.45) is 4.53. The molecule has 2 aromatic carbocycles. The summed E-state index contributed by atoms with van der Waals surface area (Å²) in [7, 11) is -2.23. The Morgan fingerprint density at radius 2 is 1.75 bits per heavy atom. The van der Waals surface area contributed by atoms with E-state index in [9.17, 15) is 18.3 Å². The molecule has 0 radical (unpaired) electrons. The summed E-state index contributed by atoms with van der Waals surface area (Å²) in [5, 5.41) is 16.5. The lowest BCUT2D eigenvalue weighted by molar-refractivity contribution is -0.161. The van der Waals surface area contributed by atoms with Crippen molar-refractivity contribution in [3.63, 3.8) is 0 Å². The van der Waals surface area contributed by atoms with Crippen LogP contribution in [0.25, 0.3) is 11.4 Å². The topological polar surface area (TPSA) is 125 Å². The lowest BCUT2D eigenvalue weighted by Gasteiger charge is -2.41. The van der Waals surface area contributed by atoms with E-state index in [-0.39, 0.29) is 17.2 Å². The van der Waals surface area contributed by atoms with E-state index in [0.29, 0.717) is 29.8 Å². The van der Waals surface area contributed by atoms with E-state index in [1.807, 2.05) is 63.2 Å². The quantitative estimate of drug-likeness (QED) is 0.316. The number of nitrogens with two attached hydrogens (primary N) is 1. The highest BCUT2D eigenvalue weighted by atomic mass is 32.2. The maximum Gasteiger partial charge on any atom is 0.338 e. The van der Waals surface area contributed by atoms with Crippen molar-refractivity contribution in [3.8, 4) is 11.4 Å². The fourth-order valence-corrected chi connectivity index (χ4v) is 6.25. The van der Waals surface area contributed by atoms with Gasteiger partial charge in [0.05, 0.1) is 5.57 Å². The van der Waals surface area contributed by atoms with Crippen LogP contribution in [0.15, 0.2) is 77.2 Å². The van der Waals surface area contributed by atoms with Crippen LogP contribution in [0.1, 0.15) is 70.4 Å². The van der Waals surface area contributed by atoms with Gasteiger partial charge in [0, 0.05) is 31.1 Å². The van der Waals surface area contributed by atoms with Crippen LogP contribution >= 0.6 is 0 Å². The van der Waals surface area contributed by atoms with E-state index in [0.717, 1.165) is 18.4 Å². The van der Waals surface area contributed by atoms with Crippen molar-refractivity contribution < 1.29 is 23.1 Å². The third-order valence-corrected chi connectivity index (χ3v) is 8.33. The third-order valence-electron chi connectivity index (χ3n) is 7.55. The van der Waals surface area contributed by atoms with Crippen molar-refractivity contribution >= 4 is 16.0 Å². The Bertz CT molecular complexity index is 1500. The van der Waals surface area contributed by atoms with Crippen molar-refractivity contribution in [2.24, 2.45) is 17.6 Å². The van der Waals surface area contributed by atoms with Crippen LogP contribution in [0.3, 0.4) is 0 Å². The number of ether oxygens (including phenoxy) is 1. The summed E-state index contributed by atoms with van der Waals surface area (Å²) in [5.74, 6) is -0.367. The predicted octanol–water partition coefficient (Wildman–Crippen LogP) is 5.79. The number of nitrogens with zero attached hydrogens (tertiary/aromatic N) is 2. The molecule has 0 aliphatic carbocycles. The number of rotatable bonds is 9. The summed E-state index contributed by atoms with van der Waals surface area (Å²) in [5.41, 5.74) is 1.83. The van der Waals surface area contributed by atoms with Gasteiger partial charge >= 0.3 is 5.97 Å². The largest absolute Gasteiger partial charge is 0.512 e. The first-order valence-corrected chi connectivity index (χ1v) is 15.1. The fraction of sp³-hybridized carbons (Fsp3) is 0.419. The van der Waals surface area contributed by atoms with E-state index in [1.54, 1.807) is 11.6 Å². The summed E-state index contributed by atoms with van der Waals surface area (Å²) in [6.45, 7) is 8.14. The fourth-order valence-electron chi connectivity index (χ4n) is 5.74. The predicted molar refractivity (Wildman–Crippen MR) is 155 cm³/mol. The first-order chi connectivity index (χ1) is 18.7. The zero-order valence-electron chi connectivity index (χ0n) is 23.8. The molecule has 9 heteroatoms. The summed E-state index contributed by atoms with van der Waals surface area (Å²) >= 11 is 0. The van der Waals surface area contributed by atoms with Gasteiger partial charge in [-0.3, -0.25) is 0 Å². The second-order valence-corrected chi connectivity index (χ2v) is 13.3. The number of sulfonamides is 1. The van der Waals surface area contributed by atoms with E-state index in [4.69, 9.17) is 9.88 Å². The minimum atomic E-state index is -3.93. The standard InChI is InChI=1S/C31H39N3O5S/c1-6-17-31(18-16-21-10-8-7-9-11-21)19-24(35)26(29(36)39-31)27(30(2,3)4)22-12-14-23(15-13-22)28-33-25(20-34(28)5)40(32,37)38/h7-15,20,27,35H,6,16-19H2,1-5H3,(H2,32,37,38)/t27?,31-/m0/s1. The summed E-state index contributed by atoms with van der Waals surface area (Å²) in [4.78, 5) is 17.9. The molecule has 40 heavy (non-hydrogen) atoms. The molecular formula is C31H39N3O5S. The van der Waals surface area contributed by atoms with Crippen molar-refractivity contribution in [1.82, 2.24) is 9.55 Å². The number of aryl methyl sites for hydroxylation is 2. The Morgan fingerprint density at radius 3 is 2.27 bits per heavy atom. The molecule has 214 valence electrons. The van der Waals surface area contributed by atoms with Gasteiger partial charge in [0.1, 0.15) is 17.2 Å². The molecule has 2 heterocycles. The highest BCUT2D eigenvalue weighted by Gasteiger charge is 2.45. The molecule has 3 N–H and O–H groups in total. The third kappa shape index (κ3) is 6.31. The molecule has 0 fully saturated rings. The number of benzene rings is 2. The highest BCUT2D eigenvalue weighted by Crippen LogP contribution is 2.47. The van der Waals surface area contributed by atoms with Crippen molar-refractivity contribution in [2.45, 2.75) is 76.3 Å². The lowest BCUT2D eigenvalue weighted by atomic mass is 9.70. The average molecular weight is 566 g/mol. The second-order valence-electron chi connectivity index (χ2n) is 11.8. The Morgan fingerprint density at radius 1 is 1.10 bits per heavy atom. The monoisotopic (exact) mass is 565 g/mol. The Hall–Kier alpha value is -3.43. The molecule has 2 atom stereocenters. The molecule has 3 aromatic rings. The molecule has 1 unspecified atom stereocenters. The van der Waals surface area contributed by atoms with Gasteiger partial charge < -0.3 is 14.4 Å². The minimum absolute atomic E-state index is 0.0867. The van der Waals surface area contributed by atoms with Crippen LogP contribution in [-0.4, -0.2) is 34.6 Å². The van der Waals surface area contributed by atoms with E-state index in [2.05, 4.69) is 24.0 Å². The number of aliphatic hydroxyl groups is 1. The number of primary sulfonamides is 1. The average Bonchev–Trinajstić information content (AvgIpc) is 3.27. The Kier molecular flexibility index (Phi) is 8.28. The number of aromatic nitrogens is 2. The number of carbonyl (C=O) groups excluding carboxylic acids is 1. The Balaban J connectivity index is 1.67. The first kappa shape index (κ1) is 29.6. The number of hydrogen-bond acceptors (Lipinski definition) is 6. The zero-order valence-corrected chi connectivity index (χ0v) is 24.7. The molecule has 0 amide bonds. The minimum Gasteiger partial charge on any atom is -0.512 e. The van der Waals surface area contributed by atoms with Crippen LogP contribution in [0.5, 0.6) is 0 Å². The maximum atomic E-state index is 13.7. The SMILES string of the molecule is CCC[C@]1(CCc2ccccc2)CC(O)=C(C(c2ccc(-c3nc(S(N)(=O)=O)cn3C)cc2)C(C)(C)C)C(=O)O1. The van der Waals surface area contributed by atoms with Crippen LogP contribution in [-0.2, 0) is 33.0 Å². The number of aliphatic hydroxyl groups excluding tert-OH is 1. The van der Waals surface area contributed by atoms with Crippen LogP contribution in [0, 0.1) is 5.41 Å². The van der Waals surface area contributed by atoms with Crippen molar-refractivity contribution in [1.29, 1.82) is 0 Å².